The molecule has 0 aromatic heterocycles. The standard InChI is InChI=1S/C13H23N3O7S/c1-9(13(19)23-3)14-12(18)10-7-15(24(4,20)21)5-6-16(10)11(17)8-22-2/h9-10H,5-8H2,1-4H3,(H,14,18). The Morgan fingerprint density at radius 2 is 1.88 bits per heavy atom. The van der Waals surface area contributed by atoms with Gasteiger partial charge in [0.1, 0.15) is 18.7 Å². The number of carbonyl (C=O) groups is 3. The summed E-state index contributed by atoms with van der Waals surface area (Å²) in [6.45, 7) is 1.16. The van der Waals surface area contributed by atoms with Crippen LogP contribution in [0.1, 0.15) is 6.92 Å². The molecule has 0 radical (unpaired) electrons. The molecular weight excluding hydrogens is 342 g/mol. The summed E-state index contributed by atoms with van der Waals surface area (Å²) in [4.78, 5) is 37.2. The summed E-state index contributed by atoms with van der Waals surface area (Å²) in [5.41, 5.74) is 0. The van der Waals surface area contributed by atoms with Crippen LogP contribution in [-0.4, -0.2) is 94.2 Å². The monoisotopic (exact) mass is 365 g/mol. The van der Waals surface area contributed by atoms with Gasteiger partial charge < -0.3 is 19.7 Å². The topological polar surface area (TPSA) is 122 Å². The summed E-state index contributed by atoms with van der Waals surface area (Å²) in [6, 6.07) is -1.97. The number of sulfonamides is 1. The quantitative estimate of drug-likeness (QED) is 0.529. The molecule has 0 aromatic carbocycles. The Morgan fingerprint density at radius 1 is 1.25 bits per heavy atom. The number of hydrogen-bond donors (Lipinski definition) is 1. The minimum atomic E-state index is -3.51. The fraction of sp³-hybridized carbons (Fsp3) is 0.769. The van der Waals surface area contributed by atoms with Gasteiger partial charge in [-0.1, -0.05) is 0 Å². The Balaban J connectivity index is 2.96. The molecule has 1 heterocycles. The van der Waals surface area contributed by atoms with E-state index < -0.39 is 39.9 Å². The van der Waals surface area contributed by atoms with Crippen LogP contribution in [0.25, 0.3) is 0 Å². The second-order valence-corrected chi connectivity index (χ2v) is 7.39. The summed E-state index contributed by atoms with van der Waals surface area (Å²) in [5, 5.41) is 2.43. The van der Waals surface area contributed by atoms with E-state index in [-0.39, 0.29) is 26.2 Å². The van der Waals surface area contributed by atoms with Crippen molar-refractivity contribution in [1.82, 2.24) is 14.5 Å². The Kier molecular flexibility index (Phi) is 7.11. The number of piperazine rings is 1. The van der Waals surface area contributed by atoms with Gasteiger partial charge in [0.25, 0.3) is 0 Å². The van der Waals surface area contributed by atoms with Gasteiger partial charge in [0.2, 0.25) is 21.8 Å². The van der Waals surface area contributed by atoms with Gasteiger partial charge in [-0.2, -0.15) is 4.31 Å². The van der Waals surface area contributed by atoms with Crippen LogP contribution in [0.2, 0.25) is 0 Å². The average molecular weight is 365 g/mol. The molecule has 2 unspecified atom stereocenters. The van der Waals surface area contributed by atoms with E-state index in [0.29, 0.717) is 0 Å². The van der Waals surface area contributed by atoms with E-state index in [9.17, 15) is 22.8 Å². The second-order valence-electron chi connectivity index (χ2n) is 5.41. The summed E-state index contributed by atoms with van der Waals surface area (Å²) < 4.78 is 33.9. The van der Waals surface area contributed by atoms with Crippen molar-refractivity contribution in [1.29, 1.82) is 0 Å². The molecular formula is C13H23N3O7S. The van der Waals surface area contributed by atoms with Crippen molar-refractivity contribution in [2.24, 2.45) is 0 Å². The van der Waals surface area contributed by atoms with Crippen LogP contribution in [-0.2, 0) is 33.9 Å². The molecule has 11 heteroatoms. The summed E-state index contributed by atoms with van der Waals surface area (Å²) in [6.07, 6.45) is 1.03. The van der Waals surface area contributed by atoms with Gasteiger partial charge >= 0.3 is 5.97 Å². The number of carbonyl (C=O) groups excluding carboxylic acids is 3. The molecule has 2 atom stereocenters. The minimum absolute atomic E-state index is 0.0555. The molecule has 1 N–H and O–H groups in total. The molecule has 138 valence electrons. The number of esters is 1. The zero-order valence-electron chi connectivity index (χ0n) is 14.1. The Labute approximate surface area is 141 Å². The fourth-order valence-electron chi connectivity index (χ4n) is 2.33. The van der Waals surface area contributed by atoms with Crippen LogP contribution in [0.5, 0.6) is 0 Å². The Hall–Kier alpha value is -1.72. The molecule has 10 nitrogen and oxygen atoms in total. The zero-order valence-corrected chi connectivity index (χ0v) is 15.0. The van der Waals surface area contributed by atoms with Crippen LogP contribution in [0, 0.1) is 0 Å². The van der Waals surface area contributed by atoms with Crippen molar-refractivity contribution in [2.75, 3.05) is 46.7 Å². The number of amides is 2. The van der Waals surface area contributed by atoms with Crippen molar-refractivity contribution in [3.8, 4) is 0 Å². The molecule has 0 spiro atoms. The number of nitrogens with zero attached hydrogens (tertiary/aromatic N) is 2. The highest BCUT2D eigenvalue weighted by Crippen LogP contribution is 2.14. The molecule has 1 fully saturated rings. The smallest absolute Gasteiger partial charge is 0.328 e. The van der Waals surface area contributed by atoms with Gasteiger partial charge in [0.15, 0.2) is 0 Å². The van der Waals surface area contributed by atoms with Crippen LogP contribution in [0.15, 0.2) is 0 Å². The third-order valence-corrected chi connectivity index (χ3v) is 4.89. The first-order chi connectivity index (χ1) is 11.1. The lowest BCUT2D eigenvalue weighted by molar-refractivity contribution is -0.148. The maximum atomic E-state index is 12.4. The number of nitrogens with one attached hydrogen (secondary N) is 1. The molecule has 0 aromatic rings. The molecule has 2 amide bonds. The maximum absolute atomic E-state index is 12.4. The van der Waals surface area contributed by atoms with Crippen LogP contribution < -0.4 is 5.32 Å². The number of rotatable bonds is 6. The van der Waals surface area contributed by atoms with Crippen molar-refractivity contribution in [3.05, 3.63) is 0 Å². The highest BCUT2D eigenvalue weighted by Gasteiger charge is 2.38. The van der Waals surface area contributed by atoms with E-state index in [1.54, 1.807) is 0 Å². The molecule has 0 bridgehead atoms. The first-order valence-corrected chi connectivity index (χ1v) is 9.08. The van der Waals surface area contributed by atoms with Crippen LogP contribution in [0.3, 0.4) is 0 Å². The first-order valence-electron chi connectivity index (χ1n) is 7.23. The van der Waals surface area contributed by atoms with Crippen molar-refractivity contribution in [3.63, 3.8) is 0 Å². The van der Waals surface area contributed by atoms with Crippen LogP contribution in [0.4, 0.5) is 0 Å². The molecule has 1 saturated heterocycles. The average Bonchev–Trinajstić information content (AvgIpc) is 2.52. The number of methoxy groups -OCH3 is 2. The largest absolute Gasteiger partial charge is 0.467 e. The van der Waals surface area contributed by atoms with Gasteiger partial charge in [-0.25, -0.2) is 13.2 Å². The van der Waals surface area contributed by atoms with Gasteiger partial charge in [-0.3, -0.25) is 9.59 Å². The lowest BCUT2D eigenvalue weighted by Crippen LogP contribution is -2.63. The Morgan fingerprint density at radius 3 is 2.38 bits per heavy atom. The molecule has 0 saturated carbocycles. The fourth-order valence-corrected chi connectivity index (χ4v) is 3.16. The third kappa shape index (κ3) is 5.14. The van der Waals surface area contributed by atoms with Gasteiger partial charge in [-0.05, 0) is 6.92 Å². The van der Waals surface area contributed by atoms with Gasteiger partial charge in [0.05, 0.1) is 13.4 Å². The first kappa shape index (κ1) is 20.3. The van der Waals surface area contributed by atoms with E-state index >= 15 is 0 Å². The highest BCUT2D eigenvalue weighted by atomic mass is 32.2. The number of hydrogen-bond acceptors (Lipinski definition) is 7. The Bertz CT molecular complexity index is 592. The molecule has 1 aliphatic heterocycles. The van der Waals surface area contributed by atoms with E-state index in [2.05, 4.69) is 10.1 Å². The minimum Gasteiger partial charge on any atom is -0.467 e. The van der Waals surface area contributed by atoms with E-state index in [0.717, 1.165) is 10.6 Å². The number of ether oxygens (including phenoxy) is 2. The molecule has 1 aliphatic rings. The van der Waals surface area contributed by atoms with Crippen molar-refractivity contribution < 1.29 is 32.3 Å². The van der Waals surface area contributed by atoms with Crippen molar-refractivity contribution in [2.45, 2.75) is 19.0 Å². The normalized spacial score (nSPS) is 20.3. The molecule has 24 heavy (non-hydrogen) atoms. The lowest BCUT2D eigenvalue weighted by Gasteiger charge is -2.39. The maximum Gasteiger partial charge on any atom is 0.328 e. The predicted octanol–water partition coefficient (Wildman–Crippen LogP) is -2.22. The van der Waals surface area contributed by atoms with E-state index in [1.807, 2.05) is 0 Å². The van der Waals surface area contributed by atoms with Crippen molar-refractivity contribution >= 4 is 27.8 Å². The summed E-state index contributed by atoms with van der Waals surface area (Å²) in [7, 11) is -0.978. The second kappa shape index (κ2) is 8.40. The molecule has 1 rings (SSSR count). The van der Waals surface area contributed by atoms with E-state index in [1.165, 1.54) is 26.0 Å². The molecule has 0 aliphatic carbocycles. The van der Waals surface area contributed by atoms with Gasteiger partial charge in [-0.15, -0.1) is 0 Å². The lowest BCUT2D eigenvalue weighted by atomic mass is 10.1. The van der Waals surface area contributed by atoms with Crippen LogP contribution >= 0.6 is 0 Å². The summed E-state index contributed by atoms with van der Waals surface area (Å²) in [5.74, 6) is -1.71. The third-order valence-electron chi connectivity index (χ3n) is 3.62. The SMILES string of the molecule is COCC(=O)N1CCN(S(C)(=O)=O)CC1C(=O)NC(C)C(=O)OC. The van der Waals surface area contributed by atoms with Gasteiger partial charge in [0, 0.05) is 26.7 Å². The zero-order chi connectivity index (χ0) is 18.5. The predicted molar refractivity (Wildman–Crippen MR) is 83.4 cm³/mol. The van der Waals surface area contributed by atoms with E-state index in [4.69, 9.17) is 4.74 Å². The highest BCUT2D eigenvalue weighted by molar-refractivity contribution is 7.88. The summed E-state index contributed by atoms with van der Waals surface area (Å²) >= 11 is 0.